The molecule has 78 valence electrons. The number of nitrogens with zero attached hydrogens (tertiary/aromatic N) is 1. The molecule has 2 aromatic rings. The van der Waals surface area contributed by atoms with Gasteiger partial charge in [0.2, 0.25) is 0 Å². The van der Waals surface area contributed by atoms with Crippen LogP contribution in [0.25, 0.3) is 10.9 Å². The molecule has 2 rings (SSSR count). The Morgan fingerprint density at radius 1 is 1.53 bits per heavy atom. The summed E-state index contributed by atoms with van der Waals surface area (Å²) < 4.78 is 1.15. The number of rotatable bonds is 1. The summed E-state index contributed by atoms with van der Waals surface area (Å²) in [4.78, 5) is 10.9. The highest BCUT2D eigenvalue weighted by Gasteiger charge is 2.09. The van der Waals surface area contributed by atoms with Gasteiger partial charge in [-0.3, -0.25) is 4.57 Å². The first-order valence-corrected chi connectivity index (χ1v) is 5.72. The number of carbonyl (C=O) groups is 1. The quantitative estimate of drug-likeness (QED) is 0.813. The first-order valence-electron chi connectivity index (χ1n) is 4.22. The van der Waals surface area contributed by atoms with Gasteiger partial charge in [0.15, 0.2) is 0 Å². The van der Waals surface area contributed by atoms with Gasteiger partial charge >= 0.3 is 6.09 Å². The molecule has 0 aliphatic carbocycles. The molecule has 0 saturated heterocycles. The summed E-state index contributed by atoms with van der Waals surface area (Å²) in [7, 11) is 0. The van der Waals surface area contributed by atoms with E-state index in [1.807, 2.05) is 6.07 Å². The highest BCUT2D eigenvalue weighted by molar-refractivity contribution is 9.08. The Hall–Kier alpha value is -1.000. The van der Waals surface area contributed by atoms with Crippen LogP contribution in [0.3, 0.4) is 0 Å². The van der Waals surface area contributed by atoms with E-state index in [-0.39, 0.29) is 0 Å². The van der Waals surface area contributed by atoms with E-state index in [9.17, 15) is 4.79 Å². The van der Waals surface area contributed by atoms with Crippen molar-refractivity contribution in [3.8, 4) is 0 Å². The number of aromatic nitrogens is 1. The average Bonchev–Trinajstić information content (AvgIpc) is 2.59. The van der Waals surface area contributed by atoms with E-state index in [4.69, 9.17) is 16.7 Å². The number of halogens is 2. The zero-order valence-electron chi connectivity index (χ0n) is 7.58. The number of fused-ring (bicyclic) bond motifs is 1. The van der Waals surface area contributed by atoms with Crippen molar-refractivity contribution in [2.45, 2.75) is 5.33 Å². The lowest BCUT2D eigenvalue weighted by molar-refractivity contribution is 0.197. The summed E-state index contributed by atoms with van der Waals surface area (Å²) in [5, 5.41) is 11.0. The van der Waals surface area contributed by atoms with Gasteiger partial charge in [0.05, 0.1) is 5.52 Å². The first-order chi connectivity index (χ1) is 7.13. The lowest BCUT2D eigenvalue weighted by atomic mass is 10.2. The molecule has 0 saturated carbocycles. The van der Waals surface area contributed by atoms with Crippen LogP contribution in [0.15, 0.2) is 24.4 Å². The zero-order valence-corrected chi connectivity index (χ0v) is 9.92. The number of alkyl halides is 1. The van der Waals surface area contributed by atoms with Crippen molar-refractivity contribution in [1.29, 1.82) is 0 Å². The maximum absolute atomic E-state index is 10.9. The van der Waals surface area contributed by atoms with Crippen LogP contribution in [0.2, 0.25) is 5.02 Å². The largest absolute Gasteiger partial charge is 0.464 e. The third-order valence-corrected chi connectivity index (χ3v) is 3.16. The molecular formula is C10H7BrClNO2. The van der Waals surface area contributed by atoms with E-state index < -0.39 is 6.09 Å². The number of hydrogen-bond donors (Lipinski definition) is 1. The Balaban J connectivity index is 2.73. The molecule has 0 unspecified atom stereocenters. The Labute approximate surface area is 99.4 Å². The fourth-order valence-corrected chi connectivity index (χ4v) is 2.32. The van der Waals surface area contributed by atoms with E-state index in [0.717, 1.165) is 15.5 Å². The van der Waals surface area contributed by atoms with Gasteiger partial charge in [-0.2, -0.15) is 0 Å². The third kappa shape index (κ3) is 1.75. The first kappa shape index (κ1) is 10.5. The fourth-order valence-electron chi connectivity index (χ4n) is 1.47. The van der Waals surface area contributed by atoms with Crippen molar-refractivity contribution < 1.29 is 9.90 Å². The number of hydrogen-bond acceptors (Lipinski definition) is 1. The van der Waals surface area contributed by atoms with Gasteiger partial charge < -0.3 is 5.11 Å². The van der Waals surface area contributed by atoms with Crippen molar-refractivity contribution in [3.05, 3.63) is 35.0 Å². The molecule has 1 aromatic carbocycles. The zero-order chi connectivity index (χ0) is 11.0. The van der Waals surface area contributed by atoms with Crippen LogP contribution in [0.1, 0.15) is 5.56 Å². The molecule has 0 bridgehead atoms. The number of benzene rings is 1. The lowest BCUT2D eigenvalue weighted by Gasteiger charge is -2.02. The highest BCUT2D eigenvalue weighted by Crippen LogP contribution is 2.26. The Morgan fingerprint density at radius 2 is 2.27 bits per heavy atom. The molecule has 3 nitrogen and oxygen atoms in total. The average molecular weight is 289 g/mol. The van der Waals surface area contributed by atoms with E-state index in [0.29, 0.717) is 15.9 Å². The van der Waals surface area contributed by atoms with E-state index in [1.165, 1.54) is 6.20 Å². The second-order valence-electron chi connectivity index (χ2n) is 3.10. The Bertz CT molecular complexity index is 535. The van der Waals surface area contributed by atoms with E-state index in [2.05, 4.69) is 15.9 Å². The minimum absolute atomic E-state index is 0.570. The highest BCUT2D eigenvalue weighted by atomic mass is 79.9. The monoisotopic (exact) mass is 287 g/mol. The smallest absolute Gasteiger partial charge is 0.416 e. The van der Waals surface area contributed by atoms with Gasteiger partial charge in [-0.05, 0) is 23.8 Å². The molecule has 0 aliphatic rings. The fraction of sp³-hybridized carbons (Fsp3) is 0.100. The van der Waals surface area contributed by atoms with Gasteiger partial charge in [-0.25, -0.2) is 4.79 Å². The van der Waals surface area contributed by atoms with Crippen LogP contribution in [-0.4, -0.2) is 15.8 Å². The van der Waals surface area contributed by atoms with Gasteiger partial charge in [0.25, 0.3) is 0 Å². The minimum atomic E-state index is -1.01. The second-order valence-corrected chi connectivity index (χ2v) is 4.07. The van der Waals surface area contributed by atoms with Crippen molar-refractivity contribution in [1.82, 2.24) is 4.57 Å². The van der Waals surface area contributed by atoms with Crippen LogP contribution in [-0.2, 0) is 5.33 Å². The predicted molar refractivity (Wildman–Crippen MR) is 63.0 cm³/mol. The summed E-state index contributed by atoms with van der Waals surface area (Å²) in [6, 6.07) is 5.30. The van der Waals surface area contributed by atoms with Crippen molar-refractivity contribution in [2.24, 2.45) is 0 Å². The predicted octanol–water partition coefficient (Wildman–Crippen LogP) is 3.72. The summed E-state index contributed by atoms with van der Waals surface area (Å²) in [5.41, 5.74) is 1.56. The molecule has 1 N–H and O–H groups in total. The van der Waals surface area contributed by atoms with Crippen LogP contribution in [0.5, 0.6) is 0 Å². The van der Waals surface area contributed by atoms with Gasteiger partial charge in [0.1, 0.15) is 0 Å². The molecule has 0 spiro atoms. The van der Waals surface area contributed by atoms with E-state index in [1.54, 1.807) is 12.1 Å². The Kier molecular flexibility index (Phi) is 2.71. The minimum Gasteiger partial charge on any atom is -0.464 e. The standard InChI is InChI=1S/C10H7BrClNO2/c11-5-7-3-6-1-2-13(10(14)15)9(6)4-8(7)12/h1-4H,5H2,(H,14,15). The molecule has 0 atom stereocenters. The maximum Gasteiger partial charge on any atom is 0.416 e. The van der Waals surface area contributed by atoms with Gasteiger partial charge in [0, 0.05) is 21.9 Å². The van der Waals surface area contributed by atoms with Crippen LogP contribution in [0.4, 0.5) is 4.79 Å². The van der Waals surface area contributed by atoms with Crippen molar-refractivity contribution in [3.63, 3.8) is 0 Å². The van der Waals surface area contributed by atoms with Crippen molar-refractivity contribution in [2.75, 3.05) is 0 Å². The molecule has 0 aliphatic heterocycles. The topological polar surface area (TPSA) is 42.2 Å². The van der Waals surface area contributed by atoms with E-state index >= 15 is 0 Å². The number of carboxylic acid groups (broad SMARTS) is 1. The van der Waals surface area contributed by atoms with Crippen LogP contribution in [0, 0.1) is 0 Å². The molecule has 0 amide bonds. The van der Waals surface area contributed by atoms with Crippen LogP contribution >= 0.6 is 27.5 Å². The lowest BCUT2D eigenvalue weighted by Crippen LogP contribution is -2.05. The maximum atomic E-state index is 10.9. The van der Waals surface area contributed by atoms with Crippen molar-refractivity contribution >= 4 is 44.5 Å². The molecular weight excluding hydrogens is 281 g/mol. The summed E-state index contributed by atoms with van der Waals surface area (Å²) in [6.45, 7) is 0. The summed E-state index contributed by atoms with van der Waals surface area (Å²) in [5.74, 6) is 0. The molecule has 1 heterocycles. The van der Waals surface area contributed by atoms with Gasteiger partial charge in [-0.1, -0.05) is 27.5 Å². The second kappa shape index (κ2) is 3.87. The normalized spacial score (nSPS) is 10.8. The molecule has 15 heavy (non-hydrogen) atoms. The molecule has 1 aromatic heterocycles. The Morgan fingerprint density at radius 3 is 2.87 bits per heavy atom. The summed E-state index contributed by atoms with van der Waals surface area (Å²) in [6.07, 6.45) is 0.508. The van der Waals surface area contributed by atoms with Gasteiger partial charge in [-0.15, -0.1) is 0 Å². The SMILES string of the molecule is O=C(O)n1ccc2cc(CBr)c(Cl)cc21. The molecule has 0 fully saturated rings. The third-order valence-electron chi connectivity index (χ3n) is 2.21. The summed E-state index contributed by atoms with van der Waals surface area (Å²) >= 11 is 9.32. The van der Waals surface area contributed by atoms with Crippen LogP contribution < -0.4 is 0 Å². The molecule has 5 heteroatoms. The molecule has 0 radical (unpaired) electrons.